The number of fused-ring (bicyclic) bond motifs is 2. The van der Waals surface area contributed by atoms with Crippen LogP contribution in [0.5, 0.6) is 0 Å². The molecule has 0 fully saturated rings. The SMILES string of the molecule is O=CCCCNC(=O)c1ccc2c(c1)C(=O)c1ccc(S(=O)(=O)O)cc1C2=O. The summed E-state index contributed by atoms with van der Waals surface area (Å²) >= 11 is 0. The minimum Gasteiger partial charge on any atom is -0.352 e. The van der Waals surface area contributed by atoms with E-state index in [0.29, 0.717) is 19.4 Å². The molecule has 1 amide bonds. The van der Waals surface area contributed by atoms with Crippen molar-refractivity contribution in [3.63, 3.8) is 0 Å². The molecule has 1 aliphatic rings. The van der Waals surface area contributed by atoms with Gasteiger partial charge in [-0.15, -0.1) is 0 Å². The van der Waals surface area contributed by atoms with Crippen molar-refractivity contribution in [1.29, 1.82) is 0 Å². The van der Waals surface area contributed by atoms with Crippen LogP contribution in [-0.4, -0.2) is 43.3 Å². The Hall–Kier alpha value is -3.17. The van der Waals surface area contributed by atoms with Crippen LogP contribution in [0.1, 0.15) is 55.0 Å². The molecule has 0 unspecified atom stereocenters. The average Bonchev–Trinajstić information content (AvgIpc) is 2.67. The number of unbranched alkanes of at least 4 members (excludes halogenated alkanes) is 1. The van der Waals surface area contributed by atoms with E-state index < -0.39 is 32.5 Å². The second-order valence-electron chi connectivity index (χ2n) is 6.17. The summed E-state index contributed by atoms with van der Waals surface area (Å²) in [7, 11) is -4.52. The molecular formula is C19H15NO7S. The molecule has 144 valence electrons. The highest BCUT2D eigenvalue weighted by atomic mass is 32.2. The van der Waals surface area contributed by atoms with Gasteiger partial charge in [-0.3, -0.25) is 18.9 Å². The van der Waals surface area contributed by atoms with Crippen molar-refractivity contribution >= 4 is 33.9 Å². The highest BCUT2D eigenvalue weighted by Crippen LogP contribution is 2.29. The smallest absolute Gasteiger partial charge is 0.294 e. The fourth-order valence-electron chi connectivity index (χ4n) is 2.92. The summed E-state index contributed by atoms with van der Waals surface area (Å²) in [6.45, 7) is 0.294. The molecule has 0 aromatic heterocycles. The van der Waals surface area contributed by atoms with Gasteiger partial charge in [-0.2, -0.15) is 8.42 Å². The number of ketones is 2. The zero-order valence-corrected chi connectivity index (χ0v) is 15.3. The van der Waals surface area contributed by atoms with Crippen LogP contribution in [0.25, 0.3) is 0 Å². The van der Waals surface area contributed by atoms with Crippen LogP contribution in [0.3, 0.4) is 0 Å². The highest BCUT2D eigenvalue weighted by molar-refractivity contribution is 7.85. The summed E-state index contributed by atoms with van der Waals surface area (Å²) in [5, 5.41) is 2.62. The van der Waals surface area contributed by atoms with Gasteiger partial charge in [-0.25, -0.2) is 0 Å². The Morgan fingerprint density at radius 3 is 2.18 bits per heavy atom. The van der Waals surface area contributed by atoms with Gasteiger partial charge in [0.1, 0.15) is 6.29 Å². The number of aldehydes is 1. The Labute approximate surface area is 160 Å². The molecule has 28 heavy (non-hydrogen) atoms. The minimum absolute atomic E-state index is 0.00607. The van der Waals surface area contributed by atoms with Gasteiger partial charge in [-0.05, 0) is 42.8 Å². The summed E-state index contributed by atoms with van der Waals surface area (Å²) in [6, 6.07) is 7.18. The quantitative estimate of drug-likeness (QED) is 0.362. The van der Waals surface area contributed by atoms with Crippen molar-refractivity contribution in [2.75, 3.05) is 6.54 Å². The summed E-state index contributed by atoms with van der Waals surface area (Å²) in [6.07, 6.45) is 1.56. The van der Waals surface area contributed by atoms with E-state index in [0.717, 1.165) is 24.5 Å². The Balaban J connectivity index is 1.95. The van der Waals surface area contributed by atoms with E-state index in [1.165, 1.54) is 18.2 Å². The Morgan fingerprint density at radius 2 is 1.57 bits per heavy atom. The normalized spacial score (nSPS) is 12.9. The first-order valence-corrected chi connectivity index (χ1v) is 9.75. The fourth-order valence-corrected chi connectivity index (χ4v) is 3.43. The van der Waals surface area contributed by atoms with Crippen LogP contribution >= 0.6 is 0 Å². The van der Waals surface area contributed by atoms with Gasteiger partial charge < -0.3 is 10.1 Å². The first-order valence-electron chi connectivity index (χ1n) is 8.31. The molecule has 8 nitrogen and oxygen atoms in total. The monoisotopic (exact) mass is 401 g/mol. The first kappa shape index (κ1) is 19.6. The number of amides is 1. The number of benzene rings is 2. The molecule has 0 saturated carbocycles. The van der Waals surface area contributed by atoms with E-state index in [2.05, 4.69) is 5.32 Å². The van der Waals surface area contributed by atoms with Crippen LogP contribution < -0.4 is 5.32 Å². The summed E-state index contributed by atoms with van der Waals surface area (Å²) in [5.41, 5.74) is 0.135. The Kier molecular flexibility index (Phi) is 5.21. The molecule has 9 heteroatoms. The molecule has 3 rings (SSSR count). The third-order valence-electron chi connectivity index (χ3n) is 4.33. The largest absolute Gasteiger partial charge is 0.352 e. The second kappa shape index (κ2) is 7.45. The van der Waals surface area contributed by atoms with Gasteiger partial charge in [0.05, 0.1) is 4.90 Å². The lowest BCUT2D eigenvalue weighted by atomic mass is 9.83. The molecule has 0 saturated heterocycles. The third kappa shape index (κ3) is 3.62. The molecule has 0 spiro atoms. The van der Waals surface area contributed by atoms with Crippen LogP contribution in [0, 0.1) is 0 Å². The van der Waals surface area contributed by atoms with Gasteiger partial charge in [0, 0.05) is 40.8 Å². The lowest BCUT2D eigenvalue weighted by molar-refractivity contribution is -0.107. The van der Waals surface area contributed by atoms with Crippen molar-refractivity contribution in [2.45, 2.75) is 17.7 Å². The van der Waals surface area contributed by atoms with Crippen molar-refractivity contribution < 1.29 is 32.1 Å². The van der Waals surface area contributed by atoms with Crippen LogP contribution in [0.2, 0.25) is 0 Å². The minimum atomic E-state index is -4.52. The molecule has 0 atom stereocenters. The topological polar surface area (TPSA) is 135 Å². The van der Waals surface area contributed by atoms with E-state index in [9.17, 15) is 27.6 Å². The lowest BCUT2D eigenvalue weighted by Gasteiger charge is -2.18. The van der Waals surface area contributed by atoms with Crippen LogP contribution in [-0.2, 0) is 14.9 Å². The summed E-state index contributed by atoms with van der Waals surface area (Å²) in [5.74, 6) is -1.54. The van der Waals surface area contributed by atoms with Crippen LogP contribution in [0.4, 0.5) is 0 Å². The molecule has 0 radical (unpaired) electrons. The van der Waals surface area contributed by atoms with Crippen molar-refractivity contribution in [1.82, 2.24) is 5.32 Å². The van der Waals surface area contributed by atoms with Crippen LogP contribution in [0.15, 0.2) is 41.3 Å². The number of rotatable bonds is 6. The summed E-state index contributed by atoms with van der Waals surface area (Å²) in [4.78, 5) is 47.5. The number of hydrogen-bond donors (Lipinski definition) is 2. The number of nitrogens with one attached hydrogen (secondary N) is 1. The van der Waals surface area contributed by atoms with Gasteiger partial charge >= 0.3 is 0 Å². The molecular weight excluding hydrogens is 386 g/mol. The van der Waals surface area contributed by atoms with E-state index in [-0.39, 0.29) is 27.8 Å². The van der Waals surface area contributed by atoms with E-state index in [1.807, 2.05) is 0 Å². The molecule has 2 aromatic carbocycles. The lowest BCUT2D eigenvalue weighted by Crippen LogP contribution is -2.26. The standard InChI is InChI=1S/C19H15NO7S/c21-8-2-1-7-20-19(24)11-3-5-13-15(9-11)17(22)14-6-4-12(28(25,26)27)10-16(14)18(13)23/h3-6,8-10H,1-2,7H2,(H,20,24)(H,25,26,27). The summed E-state index contributed by atoms with van der Waals surface area (Å²) < 4.78 is 31.7. The highest BCUT2D eigenvalue weighted by Gasteiger charge is 2.31. The second-order valence-corrected chi connectivity index (χ2v) is 7.59. The van der Waals surface area contributed by atoms with Gasteiger partial charge in [0.25, 0.3) is 16.0 Å². The number of hydrogen-bond acceptors (Lipinski definition) is 6. The van der Waals surface area contributed by atoms with E-state index in [4.69, 9.17) is 4.55 Å². The average molecular weight is 401 g/mol. The van der Waals surface area contributed by atoms with Gasteiger partial charge in [0.2, 0.25) is 0 Å². The van der Waals surface area contributed by atoms with E-state index >= 15 is 0 Å². The predicted molar refractivity (Wildman–Crippen MR) is 97.2 cm³/mol. The van der Waals surface area contributed by atoms with Gasteiger partial charge in [0.15, 0.2) is 11.6 Å². The molecule has 2 N–H and O–H groups in total. The number of carbonyl (C=O) groups is 4. The zero-order valence-electron chi connectivity index (χ0n) is 14.5. The Morgan fingerprint density at radius 1 is 0.964 bits per heavy atom. The maximum Gasteiger partial charge on any atom is 0.294 e. The molecule has 1 aliphatic carbocycles. The van der Waals surface area contributed by atoms with Crippen molar-refractivity contribution in [2.24, 2.45) is 0 Å². The predicted octanol–water partition coefficient (Wildman–Crippen LogP) is 1.42. The Bertz CT molecular complexity index is 1120. The van der Waals surface area contributed by atoms with Crippen molar-refractivity contribution in [3.8, 4) is 0 Å². The fraction of sp³-hybridized carbons (Fsp3) is 0.158. The molecule has 0 heterocycles. The molecule has 0 bridgehead atoms. The van der Waals surface area contributed by atoms with E-state index in [1.54, 1.807) is 0 Å². The maximum absolute atomic E-state index is 12.8. The van der Waals surface area contributed by atoms with Gasteiger partial charge in [-0.1, -0.05) is 0 Å². The molecule has 0 aliphatic heterocycles. The number of carbonyl (C=O) groups excluding carboxylic acids is 4. The first-order chi connectivity index (χ1) is 13.2. The maximum atomic E-state index is 12.8. The zero-order chi connectivity index (χ0) is 20.5. The molecule has 2 aromatic rings. The third-order valence-corrected chi connectivity index (χ3v) is 5.18. The van der Waals surface area contributed by atoms with Crippen molar-refractivity contribution in [3.05, 3.63) is 64.2 Å².